The van der Waals surface area contributed by atoms with E-state index in [9.17, 15) is 0 Å². The van der Waals surface area contributed by atoms with Crippen molar-refractivity contribution in [2.75, 3.05) is 0 Å². The van der Waals surface area contributed by atoms with Crippen molar-refractivity contribution < 1.29 is 0 Å². The van der Waals surface area contributed by atoms with Gasteiger partial charge in [0.1, 0.15) is 0 Å². The molecule has 1 aliphatic carbocycles. The molecule has 0 bridgehead atoms. The van der Waals surface area contributed by atoms with Gasteiger partial charge >= 0.3 is 0 Å². The van der Waals surface area contributed by atoms with Gasteiger partial charge in [0.15, 0.2) is 0 Å². The van der Waals surface area contributed by atoms with Gasteiger partial charge in [-0.25, -0.2) is 0 Å². The van der Waals surface area contributed by atoms with Crippen LogP contribution >= 0.6 is 0 Å². The van der Waals surface area contributed by atoms with Crippen molar-refractivity contribution in [1.29, 1.82) is 0 Å². The smallest absolute Gasteiger partial charge is 0.0157 e. The molecule has 0 heteroatoms. The van der Waals surface area contributed by atoms with Crippen molar-refractivity contribution >= 4 is 0 Å². The molecule has 0 aromatic rings. The fourth-order valence-electron chi connectivity index (χ4n) is 1.83. The molecule has 0 saturated heterocycles. The van der Waals surface area contributed by atoms with Gasteiger partial charge in [0.25, 0.3) is 0 Å². The van der Waals surface area contributed by atoms with Crippen LogP contribution in [-0.2, 0) is 0 Å². The highest BCUT2D eigenvalue weighted by Gasteiger charge is 2.49. The molecule has 0 spiro atoms. The van der Waals surface area contributed by atoms with Gasteiger partial charge in [0.05, 0.1) is 0 Å². The lowest BCUT2D eigenvalue weighted by Gasteiger charge is -2.07. The highest BCUT2D eigenvalue weighted by molar-refractivity contribution is 5.15. The SMILES string of the molecule is CCC#CCC1(CC#CCC)C[C@H]1C. The second kappa shape index (κ2) is 5.11. The summed E-state index contributed by atoms with van der Waals surface area (Å²) in [5, 5.41) is 0. The van der Waals surface area contributed by atoms with Crippen LogP contribution < -0.4 is 0 Å². The zero-order valence-electron chi connectivity index (χ0n) is 9.61. The summed E-state index contributed by atoms with van der Waals surface area (Å²) in [4.78, 5) is 0. The summed E-state index contributed by atoms with van der Waals surface area (Å²) in [7, 11) is 0. The molecule has 76 valence electrons. The largest absolute Gasteiger partial charge is 0.104 e. The number of hydrogen-bond donors (Lipinski definition) is 0. The maximum absolute atomic E-state index is 3.28. The van der Waals surface area contributed by atoms with E-state index in [-0.39, 0.29) is 0 Å². The van der Waals surface area contributed by atoms with Crippen LogP contribution in [0.3, 0.4) is 0 Å². The van der Waals surface area contributed by atoms with Crippen LogP contribution in [0.2, 0.25) is 0 Å². The van der Waals surface area contributed by atoms with Gasteiger partial charge in [0, 0.05) is 25.7 Å². The minimum atomic E-state index is 0.463. The van der Waals surface area contributed by atoms with Gasteiger partial charge in [-0.2, -0.15) is 0 Å². The second-order valence-corrected chi connectivity index (χ2v) is 4.24. The average molecular weight is 188 g/mol. The van der Waals surface area contributed by atoms with Crippen molar-refractivity contribution in [3.8, 4) is 23.7 Å². The fourth-order valence-corrected chi connectivity index (χ4v) is 1.83. The Morgan fingerprint density at radius 3 is 1.71 bits per heavy atom. The van der Waals surface area contributed by atoms with E-state index in [1.807, 2.05) is 0 Å². The van der Waals surface area contributed by atoms with Crippen LogP contribution in [0.25, 0.3) is 0 Å². The maximum Gasteiger partial charge on any atom is 0.0157 e. The molecule has 0 heterocycles. The van der Waals surface area contributed by atoms with E-state index in [4.69, 9.17) is 0 Å². The first-order valence-electron chi connectivity index (χ1n) is 5.66. The predicted octanol–water partition coefficient (Wildman–Crippen LogP) is 3.62. The fraction of sp³-hybridized carbons (Fsp3) is 0.714. The first-order chi connectivity index (χ1) is 6.75. The number of hydrogen-bond acceptors (Lipinski definition) is 0. The van der Waals surface area contributed by atoms with Gasteiger partial charge in [-0.1, -0.05) is 20.8 Å². The third-order valence-electron chi connectivity index (χ3n) is 3.08. The third kappa shape index (κ3) is 2.81. The van der Waals surface area contributed by atoms with E-state index in [2.05, 4.69) is 44.5 Å². The molecule has 0 radical (unpaired) electrons. The van der Waals surface area contributed by atoms with Gasteiger partial charge in [0.2, 0.25) is 0 Å². The van der Waals surface area contributed by atoms with E-state index >= 15 is 0 Å². The molecule has 14 heavy (non-hydrogen) atoms. The molecule has 1 atom stereocenters. The Morgan fingerprint density at radius 1 is 1.00 bits per heavy atom. The van der Waals surface area contributed by atoms with E-state index in [0.717, 1.165) is 31.6 Å². The lowest BCUT2D eigenvalue weighted by atomic mass is 9.96. The zero-order valence-corrected chi connectivity index (χ0v) is 9.61. The van der Waals surface area contributed by atoms with Crippen LogP contribution in [-0.4, -0.2) is 0 Å². The molecule has 1 fully saturated rings. The van der Waals surface area contributed by atoms with Crippen LogP contribution in [0.5, 0.6) is 0 Å². The van der Waals surface area contributed by atoms with Gasteiger partial charge in [-0.05, 0) is 17.8 Å². The molecule has 1 aliphatic rings. The first kappa shape index (κ1) is 11.2. The Balaban J connectivity index is 2.43. The standard InChI is InChI=1S/C14H20/c1-4-6-8-10-14(12-13(14)3)11-9-7-5-2/h13H,4-5,10-12H2,1-3H3/t13-/m1/s1. The van der Waals surface area contributed by atoms with E-state index in [1.165, 1.54) is 6.42 Å². The normalized spacial score (nSPS) is 21.5. The Hall–Kier alpha value is -0.880. The quantitative estimate of drug-likeness (QED) is 0.581. The molecule has 0 aromatic heterocycles. The van der Waals surface area contributed by atoms with E-state index < -0.39 is 0 Å². The van der Waals surface area contributed by atoms with E-state index in [0.29, 0.717) is 5.41 Å². The minimum Gasteiger partial charge on any atom is -0.104 e. The molecular weight excluding hydrogens is 168 g/mol. The molecule has 0 nitrogen and oxygen atoms in total. The van der Waals surface area contributed by atoms with Gasteiger partial charge in [-0.15, -0.1) is 23.7 Å². The van der Waals surface area contributed by atoms with Gasteiger partial charge in [-0.3, -0.25) is 0 Å². The average Bonchev–Trinajstić information content (AvgIpc) is 2.78. The summed E-state index contributed by atoms with van der Waals surface area (Å²) < 4.78 is 0. The third-order valence-corrected chi connectivity index (χ3v) is 3.08. The first-order valence-corrected chi connectivity index (χ1v) is 5.66. The monoisotopic (exact) mass is 188 g/mol. The second-order valence-electron chi connectivity index (χ2n) is 4.24. The Bertz CT molecular complexity index is 265. The lowest BCUT2D eigenvalue weighted by molar-refractivity contribution is 0.495. The molecule has 0 unspecified atom stereocenters. The summed E-state index contributed by atoms with van der Waals surface area (Å²) >= 11 is 0. The van der Waals surface area contributed by atoms with Crippen molar-refractivity contribution in [2.45, 2.75) is 52.9 Å². The molecule has 1 rings (SSSR count). The molecular formula is C14H20. The summed E-state index contributed by atoms with van der Waals surface area (Å²) in [5.41, 5.74) is 0.463. The lowest BCUT2D eigenvalue weighted by Crippen LogP contribution is -2.00. The summed E-state index contributed by atoms with van der Waals surface area (Å²) in [5.74, 6) is 13.7. The molecule has 1 saturated carbocycles. The van der Waals surface area contributed by atoms with Crippen molar-refractivity contribution in [3.63, 3.8) is 0 Å². The highest BCUT2D eigenvalue weighted by Crippen LogP contribution is 2.57. The van der Waals surface area contributed by atoms with Crippen LogP contribution in [0.1, 0.15) is 52.9 Å². The molecule has 0 aromatic carbocycles. The summed E-state index contributed by atoms with van der Waals surface area (Å²) in [6, 6.07) is 0. The Labute approximate surface area is 88.5 Å². The molecule has 0 amide bonds. The van der Waals surface area contributed by atoms with Crippen molar-refractivity contribution in [3.05, 3.63) is 0 Å². The minimum absolute atomic E-state index is 0.463. The summed E-state index contributed by atoms with van der Waals surface area (Å²) in [6.45, 7) is 6.53. The van der Waals surface area contributed by atoms with Crippen LogP contribution in [0.15, 0.2) is 0 Å². The van der Waals surface area contributed by atoms with Crippen LogP contribution in [0, 0.1) is 35.0 Å². The summed E-state index contributed by atoms with van der Waals surface area (Å²) in [6.07, 6.45) is 5.39. The highest BCUT2D eigenvalue weighted by atomic mass is 14.5. The van der Waals surface area contributed by atoms with E-state index in [1.54, 1.807) is 0 Å². The Morgan fingerprint density at radius 2 is 1.43 bits per heavy atom. The zero-order chi connectivity index (χ0) is 10.4. The Kier molecular flexibility index (Phi) is 4.09. The number of rotatable bonds is 2. The molecule has 0 N–H and O–H groups in total. The van der Waals surface area contributed by atoms with Crippen molar-refractivity contribution in [2.24, 2.45) is 11.3 Å². The van der Waals surface area contributed by atoms with Crippen molar-refractivity contribution in [1.82, 2.24) is 0 Å². The predicted molar refractivity (Wildman–Crippen MR) is 61.6 cm³/mol. The van der Waals surface area contributed by atoms with Gasteiger partial charge < -0.3 is 0 Å². The topological polar surface area (TPSA) is 0 Å². The molecule has 0 aliphatic heterocycles. The van der Waals surface area contributed by atoms with Crippen LogP contribution in [0.4, 0.5) is 0 Å². The maximum atomic E-state index is 3.28.